The van der Waals surface area contributed by atoms with Crippen molar-refractivity contribution < 1.29 is 9.36 Å². The first kappa shape index (κ1) is 13.3. The van der Waals surface area contributed by atoms with Gasteiger partial charge in [0.1, 0.15) is 5.75 Å². The summed E-state index contributed by atoms with van der Waals surface area (Å²) in [5.74, 6) is 1.58. The third-order valence-electron chi connectivity index (χ3n) is 2.34. The summed E-state index contributed by atoms with van der Waals surface area (Å²) >= 11 is 0. The summed E-state index contributed by atoms with van der Waals surface area (Å²) in [6.07, 6.45) is 0. The Morgan fingerprint density at radius 2 is 1.65 bits per heavy atom. The lowest BCUT2D eigenvalue weighted by Crippen LogP contribution is -2.03. The van der Waals surface area contributed by atoms with Gasteiger partial charge in [-0.15, -0.1) is 0 Å². The highest BCUT2D eigenvalue weighted by molar-refractivity contribution is 7.51. The van der Waals surface area contributed by atoms with E-state index in [-0.39, 0.29) is 0 Å². The number of aromatic amines is 1. The fraction of sp³-hybridized carbons (Fsp3) is 0. The topological polar surface area (TPSA) is 52.1 Å². The lowest BCUT2D eigenvalue weighted by atomic mass is 10.3. The van der Waals surface area contributed by atoms with Crippen LogP contribution in [0.2, 0.25) is 0 Å². The van der Waals surface area contributed by atoms with Gasteiger partial charge < -0.3 is 9.36 Å². The molecule has 0 bridgehead atoms. The molecule has 3 rings (SSSR count). The first-order chi connectivity index (χ1) is 9.92. The van der Waals surface area contributed by atoms with Crippen molar-refractivity contribution in [3.8, 4) is 11.5 Å². The minimum atomic E-state index is -1.07. The molecule has 3 aromatic rings. The van der Waals surface area contributed by atoms with E-state index in [1.807, 2.05) is 60.7 Å². The van der Waals surface area contributed by atoms with Crippen LogP contribution in [0.15, 0.2) is 60.7 Å². The molecule has 0 saturated heterocycles. The van der Waals surface area contributed by atoms with Crippen molar-refractivity contribution in [2.24, 2.45) is 0 Å². The zero-order valence-corrected chi connectivity index (χ0v) is 13.2. The van der Waals surface area contributed by atoms with E-state index in [1.54, 1.807) is 4.26 Å². The molecule has 0 fully saturated rings. The Labute approximate surface area is 120 Å². The maximum Gasteiger partial charge on any atom is 0.277 e. The molecular formula is C12H12N3O2P3. The summed E-state index contributed by atoms with van der Waals surface area (Å²) in [6.45, 7) is 0. The Bertz CT molecular complexity index is 625. The van der Waals surface area contributed by atoms with Crippen LogP contribution >= 0.6 is 25.1 Å². The van der Waals surface area contributed by atoms with Crippen molar-refractivity contribution in [3.05, 3.63) is 60.7 Å². The Morgan fingerprint density at radius 1 is 1.00 bits per heavy atom. The molecule has 0 aliphatic carbocycles. The Hall–Kier alpha value is -1.66. The average molecular weight is 323 g/mol. The number of H-pyrrole nitrogens is 1. The highest BCUT2D eigenvalue weighted by Gasteiger charge is 2.05. The van der Waals surface area contributed by atoms with E-state index in [0.717, 1.165) is 20.0 Å². The molecule has 2 atom stereocenters. The van der Waals surface area contributed by atoms with Gasteiger partial charge in [-0.3, -0.25) is 4.51 Å². The van der Waals surface area contributed by atoms with E-state index in [0.29, 0.717) is 8.51 Å². The van der Waals surface area contributed by atoms with Crippen molar-refractivity contribution in [3.63, 3.8) is 0 Å². The summed E-state index contributed by atoms with van der Waals surface area (Å²) in [7, 11) is 0.0151. The highest BCUT2D eigenvalue weighted by atomic mass is 31.2. The summed E-state index contributed by atoms with van der Waals surface area (Å²) in [4.78, 5) is 5.81. The van der Waals surface area contributed by atoms with Crippen molar-refractivity contribution in [1.29, 1.82) is 0 Å². The summed E-state index contributed by atoms with van der Waals surface area (Å²) in [5.41, 5.74) is 0. The number of nitrogens with one attached hydrogen (secondary N) is 1. The van der Waals surface area contributed by atoms with Gasteiger partial charge in [-0.2, -0.15) is 4.51 Å². The van der Waals surface area contributed by atoms with Crippen LogP contribution in [0, 0.1) is 0 Å². The fourth-order valence-electron chi connectivity index (χ4n) is 1.47. The van der Waals surface area contributed by atoms with E-state index >= 15 is 0 Å². The molecule has 0 aliphatic heterocycles. The van der Waals surface area contributed by atoms with Gasteiger partial charge in [0, 0.05) is 8.51 Å². The van der Waals surface area contributed by atoms with E-state index in [1.165, 1.54) is 0 Å². The zero-order valence-electron chi connectivity index (χ0n) is 10.4. The largest absolute Gasteiger partial charge is 0.415 e. The second-order valence-corrected chi connectivity index (χ2v) is 7.61. The van der Waals surface area contributed by atoms with E-state index < -0.39 is 8.08 Å². The van der Waals surface area contributed by atoms with Gasteiger partial charge in [0.2, 0.25) is 0 Å². The maximum atomic E-state index is 5.93. The van der Waals surface area contributed by atoms with Crippen molar-refractivity contribution in [1.82, 2.24) is 13.3 Å². The van der Waals surface area contributed by atoms with E-state index in [2.05, 4.69) is 9.02 Å². The molecule has 2 unspecified atom stereocenters. The molecule has 20 heavy (non-hydrogen) atoms. The molecule has 1 N–H and O–H groups in total. The number of benzene rings is 2. The van der Waals surface area contributed by atoms with E-state index in [9.17, 15) is 0 Å². The SMILES string of the molecule is c1ccc(On2pn[pH][nH]p2Oc2ccccc2)cc1. The molecule has 102 valence electrons. The number of nitrogens with zero attached hydrogens (tertiary/aromatic N) is 2. The third kappa shape index (κ3) is 3.46. The van der Waals surface area contributed by atoms with Crippen LogP contribution in [0.4, 0.5) is 0 Å². The molecule has 0 saturated carbocycles. The van der Waals surface area contributed by atoms with Crippen molar-refractivity contribution in [2.75, 3.05) is 0 Å². The molecule has 5 nitrogen and oxygen atoms in total. The van der Waals surface area contributed by atoms with Crippen molar-refractivity contribution >= 4 is 25.1 Å². The Morgan fingerprint density at radius 3 is 2.35 bits per heavy atom. The highest BCUT2D eigenvalue weighted by Crippen LogP contribution is 2.31. The summed E-state index contributed by atoms with van der Waals surface area (Å²) < 4.78 is 15.2. The van der Waals surface area contributed by atoms with Crippen LogP contribution in [-0.2, 0) is 0 Å². The van der Waals surface area contributed by atoms with Crippen LogP contribution in [0.25, 0.3) is 0 Å². The van der Waals surface area contributed by atoms with Crippen LogP contribution in [0.3, 0.4) is 0 Å². The minimum absolute atomic E-state index is 0.325. The Balaban J connectivity index is 1.85. The predicted octanol–water partition coefficient (Wildman–Crippen LogP) is 4.62. The van der Waals surface area contributed by atoms with Gasteiger partial charge >= 0.3 is 0 Å². The molecule has 8 heteroatoms. The quantitative estimate of drug-likeness (QED) is 0.762. The first-order valence-corrected chi connectivity index (χ1v) is 8.85. The van der Waals surface area contributed by atoms with Crippen LogP contribution in [-0.4, -0.2) is 13.3 Å². The molecule has 0 amide bonds. The molecule has 0 aliphatic rings. The first-order valence-electron chi connectivity index (χ1n) is 5.89. The minimum Gasteiger partial charge on any atom is -0.415 e. The molecule has 1 heterocycles. The molecule has 0 spiro atoms. The normalized spacial score (nSPS) is 11.7. The van der Waals surface area contributed by atoms with Gasteiger partial charge in [0.05, 0.1) is 0 Å². The maximum absolute atomic E-state index is 5.93. The number of aromatic nitrogens is 3. The molecular weight excluding hydrogens is 311 g/mol. The van der Waals surface area contributed by atoms with Crippen LogP contribution in [0.1, 0.15) is 0 Å². The standard InChI is InChI=1S/C12H12N3O2P3/c1-3-7-11(8-4-1)16-15-19-13-18-14-20(15)17-12-9-5-2-6-10-12/h1-10,14,18H. The summed E-state index contributed by atoms with van der Waals surface area (Å²) in [5, 5.41) is 0. The Kier molecular flexibility index (Phi) is 4.45. The number of para-hydroxylation sites is 2. The second kappa shape index (κ2) is 6.67. The van der Waals surface area contributed by atoms with Gasteiger partial charge in [-0.25, -0.2) is 0 Å². The fourth-order valence-corrected chi connectivity index (χ4v) is 5.26. The monoisotopic (exact) mass is 323 g/mol. The number of hydrogen-bond acceptors (Lipinski definition) is 3. The van der Waals surface area contributed by atoms with Crippen molar-refractivity contribution in [2.45, 2.75) is 0 Å². The lowest BCUT2D eigenvalue weighted by Gasteiger charge is -2.12. The summed E-state index contributed by atoms with van der Waals surface area (Å²) in [6, 6.07) is 19.3. The predicted molar refractivity (Wildman–Crippen MR) is 83.9 cm³/mol. The molecule has 1 aromatic heterocycles. The van der Waals surface area contributed by atoms with Gasteiger partial charge in [0.25, 0.3) is 8.08 Å². The van der Waals surface area contributed by atoms with Crippen LogP contribution < -0.4 is 9.36 Å². The van der Waals surface area contributed by atoms with Gasteiger partial charge in [0.15, 0.2) is 14.3 Å². The van der Waals surface area contributed by atoms with Gasteiger partial charge in [-0.1, -0.05) is 40.7 Å². The number of hydrogen-bond donors (Lipinski definition) is 1. The molecule has 2 aromatic carbocycles. The third-order valence-corrected chi connectivity index (χ3v) is 6.00. The zero-order chi connectivity index (χ0) is 13.6. The van der Waals surface area contributed by atoms with Gasteiger partial charge in [-0.05, 0) is 24.3 Å². The van der Waals surface area contributed by atoms with E-state index in [4.69, 9.17) is 9.36 Å². The van der Waals surface area contributed by atoms with Crippen LogP contribution in [0.5, 0.6) is 11.5 Å². The second-order valence-electron chi connectivity index (χ2n) is 3.75. The average Bonchev–Trinajstić information content (AvgIpc) is 2.51. The smallest absolute Gasteiger partial charge is 0.277 e. The number of rotatable bonds is 4. The molecule has 0 radical (unpaired) electrons. The lowest BCUT2D eigenvalue weighted by molar-refractivity contribution is 0.267.